The van der Waals surface area contributed by atoms with Crippen molar-refractivity contribution in [3.63, 3.8) is 0 Å². The quantitative estimate of drug-likeness (QED) is 0.867. The average Bonchev–Trinajstić information content (AvgIpc) is 2.92. The Bertz CT molecular complexity index is 628. The molecule has 106 valence electrons. The van der Waals surface area contributed by atoms with Crippen LogP contribution in [0.4, 0.5) is 0 Å². The first kappa shape index (κ1) is 12.4. The number of nitrogens with zero attached hydrogens (tertiary/aromatic N) is 2. The molecule has 1 saturated heterocycles. The standard InChI is InChI=1S/C16H21N3O/c1-11-8-13-12(9-17-11)5-6-15-14(13)10-18-19(15)16-4-2-3-7-20-16/h5-6,10-11,16-17H,2-4,7-9H2,1H3/t11?,16-/m1/s1. The molecule has 0 radical (unpaired) electrons. The monoisotopic (exact) mass is 271 g/mol. The summed E-state index contributed by atoms with van der Waals surface area (Å²) >= 11 is 0. The van der Waals surface area contributed by atoms with Crippen LogP contribution in [0.3, 0.4) is 0 Å². The van der Waals surface area contributed by atoms with Gasteiger partial charge in [0.1, 0.15) is 0 Å². The lowest BCUT2D eigenvalue weighted by Gasteiger charge is -2.25. The highest BCUT2D eigenvalue weighted by Crippen LogP contribution is 2.30. The summed E-state index contributed by atoms with van der Waals surface area (Å²) in [6.07, 6.45) is 6.73. The summed E-state index contributed by atoms with van der Waals surface area (Å²) in [5.74, 6) is 0. The molecule has 20 heavy (non-hydrogen) atoms. The van der Waals surface area contributed by atoms with Gasteiger partial charge in [-0.2, -0.15) is 5.10 Å². The molecule has 2 aliphatic heterocycles. The molecule has 4 nitrogen and oxygen atoms in total. The summed E-state index contributed by atoms with van der Waals surface area (Å²) in [6, 6.07) is 5.00. The molecular formula is C16H21N3O. The predicted octanol–water partition coefficient (Wildman–Crippen LogP) is 2.77. The van der Waals surface area contributed by atoms with Crippen LogP contribution in [0.5, 0.6) is 0 Å². The maximum Gasteiger partial charge on any atom is 0.150 e. The predicted molar refractivity (Wildman–Crippen MR) is 78.6 cm³/mol. The molecule has 0 bridgehead atoms. The molecule has 1 aromatic heterocycles. The summed E-state index contributed by atoms with van der Waals surface area (Å²) in [6.45, 7) is 4.08. The molecule has 0 saturated carbocycles. The van der Waals surface area contributed by atoms with Crippen molar-refractivity contribution < 1.29 is 4.74 Å². The van der Waals surface area contributed by atoms with E-state index in [0.717, 1.165) is 26.0 Å². The van der Waals surface area contributed by atoms with Gasteiger partial charge in [-0.15, -0.1) is 0 Å². The van der Waals surface area contributed by atoms with Crippen LogP contribution in [0.25, 0.3) is 10.9 Å². The Morgan fingerprint density at radius 3 is 3.15 bits per heavy atom. The van der Waals surface area contributed by atoms with Crippen LogP contribution in [0, 0.1) is 0 Å². The second-order valence-corrected chi connectivity index (χ2v) is 6.03. The average molecular weight is 271 g/mol. The lowest BCUT2D eigenvalue weighted by Crippen LogP contribution is -2.32. The number of hydrogen-bond donors (Lipinski definition) is 1. The minimum absolute atomic E-state index is 0.124. The van der Waals surface area contributed by atoms with Crippen LogP contribution in [0.15, 0.2) is 18.3 Å². The summed E-state index contributed by atoms with van der Waals surface area (Å²) in [7, 11) is 0. The molecule has 1 fully saturated rings. The second-order valence-electron chi connectivity index (χ2n) is 6.03. The summed E-state index contributed by atoms with van der Waals surface area (Å²) < 4.78 is 7.97. The second kappa shape index (κ2) is 4.86. The van der Waals surface area contributed by atoms with Gasteiger partial charge in [0.05, 0.1) is 11.7 Å². The maximum atomic E-state index is 5.88. The number of aromatic nitrogens is 2. The zero-order valence-electron chi connectivity index (χ0n) is 11.9. The summed E-state index contributed by atoms with van der Waals surface area (Å²) in [5, 5.41) is 9.45. The van der Waals surface area contributed by atoms with Crippen molar-refractivity contribution in [3.05, 3.63) is 29.5 Å². The van der Waals surface area contributed by atoms with Gasteiger partial charge in [-0.1, -0.05) is 6.07 Å². The summed E-state index contributed by atoms with van der Waals surface area (Å²) in [5.41, 5.74) is 4.11. The van der Waals surface area contributed by atoms with Crippen LogP contribution in [-0.4, -0.2) is 22.4 Å². The van der Waals surface area contributed by atoms with E-state index in [4.69, 9.17) is 4.74 Å². The SMILES string of the molecule is CC1Cc2c(ccc3c2cnn3[C@H]2CCCCO2)CN1. The maximum absolute atomic E-state index is 5.88. The van der Waals surface area contributed by atoms with E-state index >= 15 is 0 Å². The van der Waals surface area contributed by atoms with Crippen molar-refractivity contribution in [2.45, 2.75) is 51.4 Å². The number of benzene rings is 1. The van der Waals surface area contributed by atoms with Crippen LogP contribution < -0.4 is 5.32 Å². The molecule has 1 N–H and O–H groups in total. The third-order valence-corrected chi connectivity index (χ3v) is 4.57. The Labute approximate surface area is 119 Å². The Balaban J connectivity index is 1.79. The first-order valence-electron chi connectivity index (χ1n) is 7.66. The van der Waals surface area contributed by atoms with Gasteiger partial charge in [-0.05, 0) is 49.8 Å². The molecule has 1 unspecified atom stereocenters. The van der Waals surface area contributed by atoms with Crippen molar-refractivity contribution in [1.82, 2.24) is 15.1 Å². The van der Waals surface area contributed by atoms with Crippen LogP contribution in [0.2, 0.25) is 0 Å². The lowest BCUT2D eigenvalue weighted by molar-refractivity contribution is -0.0366. The number of ether oxygens (including phenoxy) is 1. The van der Waals surface area contributed by atoms with E-state index in [-0.39, 0.29) is 6.23 Å². The molecule has 2 aliphatic rings. The smallest absolute Gasteiger partial charge is 0.150 e. The lowest BCUT2D eigenvalue weighted by atomic mass is 9.94. The van der Waals surface area contributed by atoms with E-state index in [1.807, 2.05) is 6.20 Å². The minimum Gasteiger partial charge on any atom is -0.356 e. The fraction of sp³-hybridized carbons (Fsp3) is 0.562. The molecule has 0 spiro atoms. The minimum atomic E-state index is 0.124. The van der Waals surface area contributed by atoms with Crippen molar-refractivity contribution in [2.24, 2.45) is 0 Å². The molecule has 0 aliphatic carbocycles. The van der Waals surface area contributed by atoms with Crippen LogP contribution >= 0.6 is 0 Å². The highest BCUT2D eigenvalue weighted by atomic mass is 16.5. The molecule has 2 atom stereocenters. The molecule has 4 heteroatoms. The molecular weight excluding hydrogens is 250 g/mol. The highest BCUT2D eigenvalue weighted by Gasteiger charge is 2.22. The van der Waals surface area contributed by atoms with E-state index < -0.39 is 0 Å². The van der Waals surface area contributed by atoms with Crippen molar-refractivity contribution in [2.75, 3.05) is 6.61 Å². The van der Waals surface area contributed by atoms with E-state index in [2.05, 4.69) is 34.2 Å². The molecule has 3 heterocycles. The number of rotatable bonds is 1. The molecule has 2 aromatic rings. The highest BCUT2D eigenvalue weighted by molar-refractivity contribution is 5.84. The van der Waals surface area contributed by atoms with Gasteiger partial charge in [0.2, 0.25) is 0 Å². The summed E-state index contributed by atoms with van der Waals surface area (Å²) in [4.78, 5) is 0. The van der Waals surface area contributed by atoms with E-state index in [0.29, 0.717) is 6.04 Å². The van der Waals surface area contributed by atoms with E-state index in [1.54, 1.807) is 0 Å². The molecule has 4 rings (SSSR count). The zero-order chi connectivity index (χ0) is 13.5. The van der Waals surface area contributed by atoms with Gasteiger partial charge in [-0.3, -0.25) is 0 Å². The molecule has 0 amide bonds. The van der Waals surface area contributed by atoms with Crippen molar-refractivity contribution >= 4 is 10.9 Å². The Hall–Kier alpha value is -1.39. The Kier molecular flexibility index (Phi) is 3.00. The first-order chi connectivity index (χ1) is 9.83. The van der Waals surface area contributed by atoms with Crippen molar-refractivity contribution in [3.8, 4) is 0 Å². The Morgan fingerprint density at radius 1 is 1.35 bits per heavy atom. The Morgan fingerprint density at radius 2 is 2.30 bits per heavy atom. The third-order valence-electron chi connectivity index (χ3n) is 4.57. The van der Waals surface area contributed by atoms with Crippen LogP contribution in [-0.2, 0) is 17.7 Å². The van der Waals surface area contributed by atoms with Gasteiger partial charge in [0, 0.05) is 24.6 Å². The molecule has 1 aromatic carbocycles. The van der Waals surface area contributed by atoms with Gasteiger partial charge in [-0.25, -0.2) is 4.68 Å². The normalized spacial score (nSPS) is 26.6. The van der Waals surface area contributed by atoms with Gasteiger partial charge in [0.15, 0.2) is 6.23 Å². The number of fused-ring (bicyclic) bond motifs is 3. The largest absolute Gasteiger partial charge is 0.356 e. The first-order valence-corrected chi connectivity index (χ1v) is 7.66. The zero-order valence-corrected chi connectivity index (χ0v) is 11.9. The van der Waals surface area contributed by atoms with Gasteiger partial charge in [0.25, 0.3) is 0 Å². The van der Waals surface area contributed by atoms with E-state index in [9.17, 15) is 0 Å². The van der Waals surface area contributed by atoms with Gasteiger partial charge < -0.3 is 10.1 Å². The fourth-order valence-corrected chi connectivity index (χ4v) is 3.44. The topological polar surface area (TPSA) is 39.1 Å². The fourth-order valence-electron chi connectivity index (χ4n) is 3.44. The third kappa shape index (κ3) is 1.95. The van der Waals surface area contributed by atoms with Gasteiger partial charge >= 0.3 is 0 Å². The number of hydrogen-bond acceptors (Lipinski definition) is 3. The number of nitrogens with one attached hydrogen (secondary N) is 1. The van der Waals surface area contributed by atoms with Crippen LogP contribution in [0.1, 0.15) is 43.5 Å². The van der Waals surface area contributed by atoms with E-state index in [1.165, 1.54) is 34.9 Å². The van der Waals surface area contributed by atoms with Crippen molar-refractivity contribution in [1.29, 1.82) is 0 Å².